The van der Waals surface area contributed by atoms with Crippen molar-refractivity contribution in [1.29, 1.82) is 0 Å². The van der Waals surface area contributed by atoms with Crippen molar-refractivity contribution in [3.05, 3.63) is 52.9 Å². The van der Waals surface area contributed by atoms with Gasteiger partial charge in [-0.3, -0.25) is 0 Å². The Morgan fingerprint density at radius 3 is 2.58 bits per heavy atom. The molecular weight excluding hydrogens is 240 g/mol. The van der Waals surface area contributed by atoms with Crippen LogP contribution in [0.3, 0.4) is 0 Å². The molecular formula is C15H20N2O2. The van der Waals surface area contributed by atoms with Crippen molar-refractivity contribution in [2.45, 2.75) is 32.9 Å². The number of nitrogens with one attached hydrogen (secondary N) is 1. The highest BCUT2D eigenvalue weighted by atomic mass is 16.5. The van der Waals surface area contributed by atoms with Gasteiger partial charge in [-0.05, 0) is 25.8 Å². The van der Waals surface area contributed by atoms with Crippen LogP contribution in [0.4, 0.5) is 0 Å². The van der Waals surface area contributed by atoms with Gasteiger partial charge in [-0.15, -0.1) is 0 Å². The molecule has 1 aromatic carbocycles. The first-order valence-electron chi connectivity index (χ1n) is 6.53. The van der Waals surface area contributed by atoms with E-state index in [-0.39, 0.29) is 12.6 Å². The largest absolute Gasteiger partial charge is 0.396 e. The molecule has 2 N–H and O–H groups in total. The molecule has 0 saturated carbocycles. The number of aliphatic hydroxyl groups excluding tert-OH is 1. The van der Waals surface area contributed by atoms with Gasteiger partial charge in [0.05, 0.1) is 5.69 Å². The minimum absolute atomic E-state index is 0.139. The van der Waals surface area contributed by atoms with Gasteiger partial charge in [0.2, 0.25) is 0 Å². The van der Waals surface area contributed by atoms with Crippen molar-refractivity contribution in [3.63, 3.8) is 0 Å². The van der Waals surface area contributed by atoms with E-state index in [2.05, 4.69) is 22.6 Å². The zero-order chi connectivity index (χ0) is 13.7. The summed E-state index contributed by atoms with van der Waals surface area (Å²) in [5, 5.41) is 16.6. The second kappa shape index (κ2) is 6.50. The average molecular weight is 260 g/mol. The fourth-order valence-corrected chi connectivity index (χ4v) is 2.18. The molecule has 0 saturated heterocycles. The first kappa shape index (κ1) is 13.8. The van der Waals surface area contributed by atoms with Crippen molar-refractivity contribution < 1.29 is 9.63 Å². The van der Waals surface area contributed by atoms with Gasteiger partial charge in [-0.1, -0.05) is 35.5 Å². The quantitative estimate of drug-likeness (QED) is 0.838. The molecule has 2 rings (SSSR count). The van der Waals surface area contributed by atoms with Crippen molar-refractivity contribution in [3.8, 4) is 0 Å². The fraction of sp³-hybridized carbons (Fsp3) is 0.400. The number of aryl methyl sites for hydroxylation is 2. The van der Waals surface area contributed by atoms with E-state index in [1.165, 1.54) is 5.56 Å². The molecule has 2 aromatic rings. The van der Waals surface area contributed by atoms with Gasteiger partial charge in [0.15, 0.2) is 0 Å². The Labute approximate surface area is 113 Å². The number of aromatic nitrogens is 1. The molecule has 0 fully saturated rings. The molecule has 19 heavy (non-hydrogen) atoms. The molecule has 0 aliphatic heterocycles. The van der Waals surface area contributed by atoms with E-state index in [1.807, 2.05) is 32.0 Å². The molecule has 1 aromatic heterocycles. The predicted molar refractivity (Wildman–Crippen MR) is 73.7 cm³/mol. The predicted octanol–water partition coefficient (Wildman–Crippen LogP) is 2.50. The summed E-state index contributed by atoms with van der Waals surface area (Å²) in [6.45, 7) is 4.71. The lowest BCUT2D eigenvalue weighted by Gasteiger charge is -2.18. The minimum Gasteiger partial charge on any atom is -0.396 e. The molecule has 4 heteroatoms. The van der Waals surface area contributed by atoms with Crippen LogP contribution in [0.2, 0.25) is 0 Å². The molecule has 0 amide bonds. The van der Waals surface area contributed by atoms with Crippen LogP contribution >= 0.6 is 0 Å². The highest BCUT2D eigenvalue weighted by Crippen LogP contribution is 2.18. The zero-order valence-corrected chi connectivity index (χ0v) is 11.4. The monoisotopic (exact) mass is 260 g/mol. The van der Waals surface area contributed by atoms with Crippen LogP contribution in [-0.2, 0) is 6.54 Å². The molecule has 0 bridgehead atoms. The second-order valence-corrected chi connectivity index (χ2v) is 4.66. The van der Waals surface area contributed by atoms with E-state index >= 15 is 0 Å². The summed E-state index contributed by atoms with van der Waals surface area (Å²) >= 11 is 0. The molecule has 0 aliphatic rings. The van der Waals surface area contributed by atoms with Crippen LogP contribution in [0, 0.1) is 13.8 Å². The summed E-state index contributed by atoms with van der Waals surface area (Å²) in [6, 6.07) is 10.3. The third-order valence-corrected chi connectivity index (χ3v) is 3.33. The SMILES string of the molecule is Cc1noc(C)c1CNC(CCO)c1ccccc1. The first-order chi connectivity index (χ1) is 9.22. The Bertz CT molecular complexity index is 489. The number of nitrogens with zero attached hydrogens (tertiary/aromatic N) is 1. The summed E-state index contributed by atoms with van der Waals surface area (Å²) in [4.78, 5) is 0. The van der Waals surface area contributed by atoms with Gasteiger partial charge in [0.1, 0.15) is 5.76 Å². The van der Waals surface area contributed by atoms with Gasteiger partial charge in [0, 0.05) is 24.8 Å². The molecule has 102 valence electrons. The third kappa shape index (κ3) is 3.43. The Kier molecular flexibility index (Phi) is 4.71. The van der Waals surface area contributed by atoms with E-state index < -0.39 is 0 Å². The number of aliphatic hydroxyl groups is 1. The van der Waals surface area contributed by atoms with E-state index in [1.54, 1.807) is 0 Å². The Morgan fingerprint density at radius 2 is 2.00 bits per heavy atom. The highest BCUT2D eigenvalue weighted by molar-refractivity contribution is 5.22. The Morgan fingerprint density at radius 1 is 1.26 bits per heavy atom. The van der Waals surface area contributed by atoms with Crippen LogP contribution in [0.15, 0.2) is 34.9 Å². The number of rotatable bonds is 6. The van der Waals surface area contributed by atoms with Gasteiger partial charge in [-0.25, -0.2) is 0 Å². The lowest BCUT2D eigenvalue weighted by molar-refractivity contribution is 0.265. The van der Waals surface area contributed by atoms with Crippen molar-refractivity contribution in [2.75, 3.05) is 6.61 Å². The average Bonchev–Trinajstić information content (AvgIpc) is 2.75. The fourth-order valence-electron chi connectivity index (χ4n) is 2.18. The minimum atomic E-state index is 0.139. The molecule has 4 nitrogen and oxygen atoms in total. The molecule has 1 atom stereocenters. The van der Waals surface area contributed by atoms with Crippen LogP contribution in [-0.4, -0.2) is 16.9 Å². The topological polar surface area (TPSA) is 58.3 Å². The zero-order valence-electron chi connectivity index (χ0n) is 11.4. The maximum absolute atomic E-state index is 9.19. The Balaban J connectivity index is 2.06. The first-order valence-corrected chi connectivity index (χ1v) is 6.53. The van der Waals surface area contributed by atoms with Crippen molar-refractivity contribution in [1.82, 2.24) is 10.5 Å². The van der Waals surface area contributed by atoms with Crippen LogP contribution in [0.25, 0.3) is 0 Å². The van der Waals surface area contributed by atoms with Crippen LogP contribution < -0.4 is 5.32 Å². The number of hydrogen-bond donors (Lipinski definition) is 2. The second-order valence-electron chi connectivity index (χ2n) is 4.66. The Hall–Kier alpha value is -1.65. The molecule has 0 aliphatic carbocycles. The van der Waals surface area contributed by atoms with Crippen LogP contribution in [0.1, 0.15) is 35.0 Å². The third-order valence-electron chi connectivity index (χ3n) is 3.33. The van der Waals surface area contributed by atoms with E-state index in [9.17, 15) is 5.11 Å². The molecule has 1 heterocycles. The van der Waals surface area contributed by atoms with Gasteiger partial charge in [-0.2, -0.15) is 0 Å². The van der Waals surface area contributed by atoms with E-state index in [4.69, 9.17) is 4.52 Å². The van der Waals surface area contributed by atoms with Crippen molar-refractivity contribution >= 4 is 0 Å². The standard InChI is InChI=1S/C15H20N2O2/c1-11-14(12(2)19-17-11)10-16-15(8-9-18)13-6-4-3-5-7-13/h3-7,15-16,18H,8-10H2,1-2H3. The number of hydrogen-bond acceptors (Lipinski definition) is 4. The summed E-state index contributed by atoms with van der Waals surface area (Å²) in [5.41, 5.74) is 3.20. The lowest BCUT2D eigenvalue weighted by Crippen LogP contribution is -2.22. The summed E-state index contributed by atoms with van der Waals surface area (Å²) in [7, 11) is 0. The van der Waals surface area contributed by atoms with Crippen LogP contribution in [0.5, 0.6) is 0 Å². The number of benzene rings is 1. The normalized spacial score (nSPS) is 12.6. The van der Waals surface area contributed by atoms with Gasteiger partial charge < -0.3 is 14.9 Å². The molecule has 1 unspecified atom stereocenters. The molecule has 0 radical (unpaired) electrons. The molecule has 0 spiro atoms. The maximum atomic E-state index is 9.19. The van der Waals surface area contributed by atoms with E-state index in [0.717, 1.165) is 17.0 Å². The van der Waals surface area contributed by atoms with Gasteiger partial charge >= 0.3 is 0 Å². The van der Waals surface area contributed by atoms with Gasteiger partial charge in [0.25, 0.3) is 0 Å². The van der Waals surface area contributed by atoms with E-state index in [0.29, 0.717) is 13.0 Å². The van der Waals surface area contributed by atoms with Crippen molar-refractivity contribution in [2.24, 2.45) is 0 Å². The summed E-state index contributed by atoms with van der Waals surface area (Å²) < 4.78 is 5.15. The summed E-state index contributed by atoms with van der Waals surface area (Å²) in [6.07, 6.45) is 0.688. The highest BCUT2D eigenvalue weighted by Gasteiger charge is 2.13. The summed E-state index contributed by atoms with van der Waals surface area (Å²) in [5.74, 6) is 0.848. The maximum Gasteiger partial charge on any atom is 0.138 e. The lowest BCUT2D eigenvalue weighted by atomic mass is 10.0. The smallest absolute Gasteiger partial charge is 0.138 e.